The van der Waals surface area contributed by atoms with Crippen molar-refractivity contribution < 1.29 is 10.2 Å². The number of phenols is 1. The molecule has 0 spiro atoms. The summed E-state index contributed by atoms with van der Waals surface area (Å²) in [6, 6.07) is 5.69. The summed E-state index contributed by atoms with van der Waals surface area (Å²) in [5.74, 6) is 1.96. The first kappa shape index (κ1) is 13.7. The summed E-state index contributed by atoms with van der Waals surface area (Å²) in [4.78, 5) is 2.40. The van der Waals surface area contributed by atoms with Crippen molar-refractivity contribution in [3.8, 4) is 5.75 Å². The molecular formula is C17H25NO2. The average Bonchev–Trinajstić information content (AvgIpc) is 2.46. The van der Waals surface area contributed by atoms with Gasteiger partial charge in [-0.25, -0.2) is 0 Å². The first-order chi connectivity index (χ1) is 9.65. The summed E-state index contributed by atoms with van der Waals surface area (Å²) < 4.78 is 0. The smallest absolute Gasteiger partial charge is 0.123 e. The van der Waals surface area contributed by atoms with E-state index in [1.807, 2.05) is 18.2 Å². The molecule has 2 N–H and O–H groups in total. The monoisotopic (exact) mass is 275 g/mol. The van der Waals surface area contributed by atoms with Gasteiger partial charge in [0.25, 0.3) is 0 Å². The molecule has 20 heavy (non-hydrogen) atoms. The Labute approximate surface area is 121 Å². The Bertz CT molecular complexity index is 472. The van der Waals surface area contributed by atoms with E-state index in [1.165, 1.54) is 32.1 Å². The molecule has 1 saturated carbocycles. The SMILES string of the molecule is CC(O)c1ccc(N2CCC3CCCCC3C2)cc1O. The van der Waals surface area contributed by atoms with Crippen LogP contribution in [0.4, 0.5) is 5.69 Å². The van der Waals surface area contributed by atoms with Crippen LogP contribution in [-0.2, 0) is 0 Å². The summed E-state index contributed by atoms with van der Waals surface area (Å²) >= 11 is 0. The number of piperidine rings is 1. The molecule has 1 aromatic rings. The van der Waals surface area contributed by atoms with Gasteiger partial charge in [0.15, 0.2) is 0 Å². The third kappa shape index (κ3) is 2.64. The predicted octanol–water partition coefficient (Wildman–Crippen LogP) is 3.46. The van der Waals surface area contributed by atoms with Gasteiger partial charge in [0.2, 0.25) is 0 Å². The van der Waals surface area contributed by atoms with Crippen molar-refractivity contribution in [2.24, 2.45) is 11.8 Å². The Morgan fingerprint density at radius 2 is 1.90 bits per heavy atom. The second-order valence-electron chi connectivity index (χ2n) is 6.46. The van der Waals surface area contributed by atoms with Crippen molar-refractivity contribution in [1.29, 1.82) is 0 Å². The fourth-order valence-corrected chi connectivity index (χ4v) is 3.92. The molecule has 3 heteroatoms. The largest absolute Gasteiger partial charge is 0.507 e. The Morgan fingerprint density at radius 3 is 2.60 bits per heavy atom. The van der Waals surface area contributed by atoms with E-state index in [1.54, 1.807) is 6.92 Å². The van der Waals surface area contributed by atoms with Gasteiger partial charge in [0.05, 0.1) is 6.10 Å². The van der Waals surface area contributed by atoms with E-state index in [4.69, 9.17) is 0 Å². The van der Waals surface area contributed by atoms with Gasteiger partial charge in [-0.15, -0.1) is 0 Å². The molecule has 3 rings (SSSR count). The van der Waals surface area contributed by atoms with Crippen LogP contribution in [0.5, 0.6) is 5.75 Å². The van der Waals surface area contributed by atoms with Crippen LogP contribution in [0.1, 0.15) is 50.7 Å². The molecule has 3 unspecified atom stereocenters. The maximum absolute atomic E-state index is 10.0. The second kappa shape index (κ2) is 5.65. The number of nitrogens with zero attached hydrogens (tertiary/aromatic N) is 1. The fraction of sp³-hybridized carbons (Fsp3) is 0.647. The van der Waals surface area contributed by atoms with Crippen molar-refractivity contribution in [3.63, 3.8) is 0 Å². The number of hydrogen-bond acceptors (Lipinski definition) is 3. The first-order valence-corrected chi connectivity index (χ1v) is 7.91. The highest BCUT2D eigenvalue weighted by Crippen LogP contribution is 2.38. The molecule has 3 nitrogen and oxygen atoms in total. The lowest BCUT2D eigenvalue weighted by Crippen LogP contribution is -2.41. The third-order valence-electron chi connectivity index (χ3n) is 5.12. The van der Waals surface area contributed by atoms with E-state index >= 15 is 0 Å². The predicted molar refractivity (Wildman–Crippen MR) is 81.0 cm³/mol. The topological polar surface area (TPSA) is 43.7 Å². The lowest BCUT2D eigenvalue weighted by Gasteiger charge is -2.42. The van der Waals surface area contributed by atoms with E-state index in [0.29, 0.717) is 5.56 Å². The van der Waals surface area contributed by atoms with Gasteiger partial charge >= 0.3 is 0 Å². The number of fused-ring (bicyclic) bond motifs is 1. The molecule has 2 aliphatic rings. The zero-order valence-electron chi connectivity index (χ0n) is 12.3. The quantitative estimate of drug-likeness (QED) is 0.868. The average molecular weight is 275 g/mol. The van der Waals surface area contributed by atoms with Crippen LogP contribution in [0.2, 0.25) is 0 Å². The fourth-order valence-electron chi connectivity index (χ4n) is 3.92. The lowest BCUT2D eigenvalue weighted by atomic mass is 9.75. The molecule has 0 aromatic heterocycles. The summed E-state index contributed by atoms with van der Waals surface area (Å²) in [6.45, 7) is 3.90. The van der Waals surface area contributed by atoms with Crippen molar-refractivity contribution in [3.05, 3.63) is 23.8 Å². The minimum Gasteiger partial charge on any atom is -0.507 e. The summed E-state index contributed by atoms with van der Waals surface area (Å²) in [5.41, 5.74) is 1.71. The Morgan fingerprint density at radius 1 is 1.15 bits per heavy atom. The minimum absolute atomic E-state index is 0.211. The van der Waals surface area contributed by atoms with E-state index in [-0.39, 0.29) is 5.75 Å². The maximum atomic E-state index is 10.0. The summed E-state index contributed by atoms with van der Waals surface area (Å²) in [6.07, 6.45) is 6.22. The molecule has 3 atom stereocenters. The molecule has 110 valence electrons. The molecule has 0 radical (unpaired) electrons. The molecule has 1 aliphatic carbocycles. The van der Waals surface area contributed by atoms with Gasteiger partial charge in [-0.1, -0.05) is 25.3 Å². The van der Waals surface area contributed by atoms with E-state index < -0.39 is 6.10 Å². The molecule has 0 bridgehead atoms. The lowest BCUT2D eigenvalue weighted by molar-refractivity contribution is 0.194. The standard InChI is InChI=1S/C17H25NO2/c1-12(19)16-7-6-15(10-17(16)20)18-9-8-13-4-2-3-5-14(13)11-18/h6-7,10,12-14,19-20H,2-5,8-9,11H2,1H3. The van der Waals surface area contributed by atoms with Crippen LogP contribution in [-0.4, -0.2) is 23.3 Å². The van der Waals surface area contributed by atoms with Crippen LogP contribution in [0.25, 0.3) is 0 Å². The zero-order chi connectivity index (χ0) is 14.1. The van der Waals surface area contributed by atoms with Crippen LogP contribution < -0.4 is 4.90 Å². The number of rotatable bonds is 2. The molecular weight excluding hydrogens is 250 g/mol. The van der Waals surface area contributed by atoms with Crippen molar-refractivity contribution in [2.45, 2.75) is 45.1 Å². The van der Waals surface area contributed by atoms with Crippen LogP contribution in [0.15, 0.2) is 18.2 Å². The molecule has 1 saturated heterocycles. The molecule has 1 heterocycles. The van der Waals surface area contributed by atoms with Gasteiger partial charge in [0.1, 0.15) is 5.75 Å². The number of benzene rings is 1. The van der Waals surface area contributed by atoms with Gasteiger partial charge < -0.3 is 15.1 Å². The highest BCUT2D eigenvalue weighted by atomic mass is 16.3. The summed E-state index contributed by atoms with van der Waals surface area (Å²) in [7, 11) is 0. The highest BCUT2D eigenvalue weighted by molar-refractivity contribution is 5.54. The minimum atomic E-state index is -0.617. The molecule has 2 fully saturated rings. The van der Waals surface area contributed by atoms with Crippen molar-refractivity contribution >= 4 is 5.69 Å². The highest BCUT2D eigenvalue weighted by Gasteiger charge is 2.31. The van der Waals surface area contributed by atoms with Crippen LogP contribution in [0, 0.1) is 11.8 Å². The number of phenolic OH excluding ortho intramolecular Hbond substituents is 1. The maximum Gasteiger partial charge on any atom is 0.123 e. The van der Waals surface area contributed by atoms with Crippen LogP contribution >= 0.6 is 0 Å². The van der Waals surface area contributed by atoms with E-state index in [9.17, 15) is 10.2 Å². The number of aromatic hydroxyl groups is 1. The van der Waals surface area contributed by atoms with Crippen LogP contribution in [0.3, 0.4) is 0 Å². The Kier molecular flexibility index (Phi) is 3.88. The molecule has 1 aromatic carbocycles. The van der Waals surface area contributed by atoms with Gasteiger partial charge in [0, 0.05) is 30.4 Å². The first-order valence-electron chi connectivity index (χ1n) is 7.91. The Balaban J connectivity index is 1.75. The molecule has 0 amide bonds. The number of aliphatic hydroxyl groups is 1. The Hall–Kier alpha value is -1.22. The number of hydrogen-bond donors (Lipinski definition) is 2. The summed E-state index contributed by atoms with van der Waals surface area (Å²) in [5, 5.41) is 19.6. The second-order valence-corrected chi connectivity index (χ2v) is 6.46. The van der Waals surface area contributed by atoms with Gasteiger partial charge in [-0.3, -0.25) is 0 Å². The number of aliphatic hydroxyl groups excluding tert-OH is 1. The van der Waals surface area contributed by atoms with Crippen molar-refractivity contribution in [1.82, 2.24) is 0 Å². The normalized spacial score (nSPS) is 28.0. The van der Waals surface area contributed by atoms with Gasteiger partial charge in [-0.05, 0) is 37.7 Å². The van der Waals surface area contributed by atoms with E-state index in [2.05, 4.69) is 4.90 Å². The zero-order valence-corrected chi connectivity index (χ0v) is 12.3. The van der Waals surface area contributed by atoms with E-state index in [0.717, 1.165) is 30.6 Å². The number of anilines is 1. The third-order valence-corrected chi connectivity index (χ3v) is 5.12. The molecule has 1 aliphatic heterocycles. The van der Waals surface area contributed by atoms with Crippen molar-refractivity contribution in [2.75, 3.05) is 18.0 Å². The van der Waals surface area contributed by atoms with Gasteiger partial charge in [-0.2, -0.15) is 0 Å².